The number of likely N-dealkylation sites (N-methyl/N-ethyl adjacent to an activating group) is 1. The molecule has 0 bridgehead atoms. The molecular formula is C32H35Cl2NO8. The van der Waals surface area contributed by atoms with E-state index < -0.39 is 36.4 Å². The normalized spacial score (nSPS) is 11.7. The van der Waals surface area contributed by atoms with E-state index >= 15 is 0 Å². The number of rotatable bonds is 14. The molecule has 0 spiro atoms. The molecule has 0 fully saturated rings. The zero-order chi connectivity index (χ0) is 32.0. The van der Waals surface area contributed by atoms with Gasteiger partial charge in [0.1, 0.15) is 12.4 Å². The van der Waals surface area contributed by atoms with E-state index in [9.17, 15) is 14.4 Å². The predicted molar refractivity (Wildman–Crippen MR) is 166 cm³/mol. The van der Waals surface area contributed by atoms with Gasteiger partial charge in [-0.05, 0) is 54.0 Å². The number of hydrogen-bond donors (Lipinski definition) is 4. The van der Waals surface area contributed by atoms with Crippen molar-refractivity contribution in [1.29, 1.82) is 0 Å². The van der Waals surface area contributed by atoms with Crippen LogP contribution in [0, 0.1) is 0 Å². The van der Waals surface area contributed by atoms with Crippen LogP contribution in [-0.4, -0.2) is 75.1 Å². The predicted octanol–water partition coefficient (Wildman–Crippen LogP) is 5.97. The van der Waals surface area contributed by atoms with Crippen LogP contribution in [0.2, 0.25) is 5.02 Å². The molecule has 0 radical (unpaired) electrons. The molecule has 3 rings (SSSR count). The highest BCUT2D eigenvalue weighted by Crippen LogP contribution is 2.35. The molecule has 0 aliphatic heterocycles. The summed E-state index contributed by atoms with van der Waals surface area (Å²) in [4.78, 5) is 32.8. The monoisotopic (exact) mass is 631 g/mol. The molecule has 43 heavy (non-hydrogen) atoms. The van der Waals surface area contributed by atoms with Crippen LogP contribution in [0.4, 0.5) is 0 Å². The van der Waals surface area contributed by atoms with Gasteiger partial charge in [-0.25, -0.2) is 4.79 Å². The number of hydrogen-bond acceptors (Lipinski definition) is 6. The van der Waals surface area contributed by atoms with Crippen molar-refractivity contribution in [1.82, 2.24) is 4.90 Å². The van der Waals surface area contributed by atoms with Gasteiger partial charge in [0.05, 0.1) is 17.9 Å². The molecule has 0 saturated heterocycles. The summed E-state index contributed by atoms with van der Waals surface area (Å²) in [5.74, 6) is -4.16. The number of carbonyl (C=O) groups is 3. The Morgan fingerprint density at radius 3 is 1.72 bits per heavy atom. The number of benzene rings is 3. The molecule has 0 atom stereocenters. The Labute approximate surface area is 260 Å². The molecule has 3 aromatic rings. The van der Waals surface area contributed by atoms with E-state index in [0.29, 0.717) is 16.7 Å². The Balaban J connectivity index is 0.000000420. The van der Waals surface area contributed by atoms with Gasteiger partial charge in [0.15, 0.2) is 5.60 Å². The van der Waals surface area contributed by atoms with E-state index in [0.717, 1.165) is 47.6 Å². The lowest BCUT2D eigenvalue weighted by Crippen LogP contribution is -2.42. The molecule has 11 heteroatoms. The Morgan fingerprint density at radius 2 is 1.26 bits per heavy atom. The minimum Gasteiger partial charge on any atom is -0.492 e. The van der Waals surface area contributed by atoms with Gasteiger partial charge in [0.2, 0.25) is 0 Å². The van der Waals surface area contributed by atoms with Crippen molar-refractivity contribution in [2.45, 2.75) is 32.3 Å². The first-order valence-electron chi connectivity index (χ1n) is 13.5. The smallest absolute Gasteiger partial charge is 0.336 e. The fourth-order valence-corrected chi connectivity index (χ4v) is 4.50. The van der Waals surface area contributed by atoms with E-state index in [1.165, 1.54) is 0 Å². The molecule has 230 valence electrons. The van der Waals surface area contributed by atoms with Crippen LogP contribution >= 0.6 is 23.2 Å². The topological polar surface area (TPSA) is 145 Å². The standard InChI is InChI=1S/C26H27Cl2NO.C6H8O7/c1-3-29(4-2)18-19-30-24-16-12-21(13-17-24)25(20-8-6-5-7-9-20)26(28)22-10-14-23(27)15-11-22;7-3(8)1-6(13,5(11)12)2-4(9)10/h5-17H,3-4,18-19H2,1-2H3;13H,1-2H2,(H,7,8)(H,9,10)(H,11,12). The van der Waals surface area contributed by atoms with E-state index in [-0.39, 0.29) is 0 Å². The maximum Gasteiger partial charge on any atom is 0.336 e. The molecule has 0 aliphatic carbocycles. The number of carboxylic acids is 3. The summed E-state index contributed by atoms with van der Waals surface area (Å²) in [5, 5.41) is 35.2. The fourth-order valence-electron chi connectivity index (χ4n) is 4.03. The van der Waals surface area contributed by atoms with E-state index in [1.807, 2.05) is 54.6 Å². The van der Waals surface area contributed by atoms with E-state index in [4.69, 9.17) is 48.4 Å². The van der Waals surface area contributed by atoms with Gasteiger partial charge < -0.3 is 30.1 Å². The molecule has 0 amide bonds. The van der Waals surface area contributed by atoms with E-state index in [1.54, 1.807) is 0 Å². The lowest BCUT2D eigenvalue weighted by molar-refractivity contribution is -0.170. The van der Waals surface area contributed by atoms with Crippen LogP contribution in [0.3, 0.4) is 0 Å². The van der Waals surface area contributed by atoms with Crippen molar-refractivity contribution in [3.8, 4) is 5.75 Å². The maximum atomic E-state index is 10.3. The first-order valence-corrected chi connectivity index (χ1v) is 14.2. The van der Waals surface area contributed by atoms with Crippen LogP contribution in [-0.2, 0) is 14.4 Å². The van der Waals surface area contributed by atoms with Crippen LogP contribution in [0.5, 0.6) is 5.75 Å². The van der Waals surface area contributed by atoms with Crippen LogP contribution in [0.15, 0.2) is 78.9 Å². The molecule has 0 saturated carbocycles. The third kappa shape index (κ3) is 11.4. The van der Waals surface area contributed by atoms with Gasteiger partial charge in [0.25, 0.3) is 0 Å². The summed E-state index contributed by atoms with van der Waals surface area (Å²) >= 11 is 12.9. The Hall–Kier alpha value is -3.89. The molecule has 0 heterocycles. The first-order chi connectivity index (χ1) is 20.4. The number of nitrogens with zero attached hydrogens (tertiary/aromatic N) is 1. The highest BCUT2D eigenvalue weighted by atomic mass is 35.5. The molecule has 0 aromatic heterocycles. The highest BCUT2D eigenvalue weighted by molar-refractivity contribution is 6.53. The second-order valence-electron chi connectivity index (χ2n) is 9.44. The van der Waals surface area contributed by atoms with Crippen molar-refractivity contribution in [2.75, 3.05) is 26.2 Å². The van der Waals surface area contributed by atoms with Gasteiger partial charge in [-0.3, -0.25) is 9.59 Å². The Morgan fingerprint density at radius 1 is 0.767 bits per heavy atom. The summed E-state index contributed by atoms with van der Waals surface area (Å²) in [6.07, 6.45) is -2.29. The third-order valence-electron chi connectivity index (χ3n) is 6.38. The van der Waals surface area contributed by atoms with Crippen molar-refractivity contribution >= 4 is 51.7 Å². The molecular weight excluding hydrogens is 597 g/mol. The zero-order valence-corrected chi connectivity index (χ0v) is 25.4. The van der Waals surface area contributed by atoms with Crippen molar-refractivity contribution in [2.24, 2.45) is 0 Å². The first kappa shape index (κ1) is 35.3. The van der Waals surface area contributed by atoms with Gasteiger partial charge >= 0.3 is 17.9 Å². The Kier molecular flexibility index (Phi) is 14.2. The number of ether oxygens (including phenoxy) is 1. The lowest BCUT2D eigenvalue weighted by Gasteiger charge is -2.18. The summed E-state index contributed by atoms with van der Waals surface area (Å²) < 4.78 is 5.93. The largest absolute Gasteiger partial charge is 0.492 e. The minimum atomic E-state index is -2.74. The third-order valence-corrected chi connectivity index (χ3v) is 7.04. The van der Waals surface area contributed by atoms with Crippen LogP contribution < -0.4 is 4.74 Å². The van der Waals surface area contributed by atoms with Crippen LogP contribution in [0.1, 0.15) is 43.4 Å². The van der Waals surface area contributed by atoms with E-state index in [2.05, 4.69) is 43.0 Å². The average Bonchev–Trinajstić information content (AvgIpc) is 2.96. The van der Waals surface area contributed by atoms with Crippen molar-refractivity contribution in [3.63, 3.8) is 0 Å². The number of halogens is 2. The average molecular weight is 633 g/mol. The minimum absolute atomic E-state index is 0.675. The quantitative estimate of drug-likeness (QED) is 0.158. The molecule has 9 nitrogen and oxygen atoms in total. The van der Waals surface area contributed by atoms with Gasteiger partial charge in [-0.1, -0.05) is 91.6 Å². The van der Waals surface area contributed by atoms with Crippen LogP contribution in [0.25, 0.3) is 10.6 Å². The lowest BCUT2D eigenvalue weighted by atomic mass is 9.95. The van der Waals surface area contributed by atoms with Crippen molar-refractivity contribution < 1.29 is 39.5 Å². The van der Waals surface area contributed by atoms with Gasteiger partial charge in [0, 0.05) is 17.1 Å². The molecule has 0 aliphatic rings. The summed E-state index contributed by atoms with van der Waals surface area (Å²) in [5.41, 5.74) is 1.27. The summed E-state index contributed by atoms with van der Waals surface area (Å²) in [7, 11) is 0. The molecule has 4 N–H and O–H groups in total. The maximum absolute atomic E-state index is 10.3. The number of aliphatic hydroxyl groups is 1. The number of carboxylic acid groups (broad SMARTS) is 3. The van der Waals surface area contributed by atoms with Gasteiger partial charge in [-0.2, -0.15) is 0 Å². The molecule has 3 aromatic carbocycles. The number of aliphatic carboxylic acids is 3. The summed E-state index contributed by atoms with van der Waals surface area (Å²) in [6.45, 7) is 8.00. The second kappa shape index (κ2) is 17.3. The molecule has 0 unspecified atom stereocenters. The Bertz CT molecular complexity index is 1360. The second-order valence-corrected chi connectivity index (χ2v) is 10.3. The van der Waals surface area contributed by atoms with Gasteiger partial charge in [-0.15, -0.1) is 0 Å². The zero-order valence-electron chi connectivity index (χ0n) is 23.9. The fraction of sp³-hybridized carbons (Fsp3) is 0.281. The highest BCUT2D eigenvalue weighted by Gasteiger charge is 2.40. The summed E-state index contributed by atoms with van der Waals surface area (Å²) in [6, 6.07) is 25.9. The SMILES string of the molecule is CCN(CC)CCOc1ccc(C(=C(Cl)c2ccc(Cl)cc2)c2ccccc2)cc1.O=C(O)CC(O)(CC(=O)O)C(=O)O. The van der Waals surface area contributed by atoms with Crippen molar-refractivity contribution in [3.05, 3.63) is 101 Å².